The molecular weight excluding hydrogens is 263 g/mol. The lowest BCUT2D eigenvalue weighted by Gasteiger charge is -2.20. The van der Waals surface area contributed by atoms with E-state index in [4.69, 9.17) is 11.6 Å². The molecule has 1 aromatic carbocycles. The Morgan fingerprint density at radius 1 is 1.32 bits per heavy atom. The predicted molar refractivity (Wildman–Crippen MR) is 73.7 cm³/mol. The first-order valence-electron chi connectivity index (χ1n) is 7.07. The summed E-state index contributed by atoms with van der Waals surface area (Å²) in [5.74, 6) is 2.06. The summed E-state index contributed by atoms with van der Waals surface area (Å²) in [5, 5.41) is 0.489. The van der Waals surface area contributed by atoms with Crippen LogP contribution in [0, 0.1) is 23.6 Å². The quantitative estimate of drug-likeness (QED) is 0.798. The summed E-state index contributed by atoms with van der Waals surface area (Å²) < 4.78 is 13.2. The van der Waals surface area contributed by atoms with Gasteiger partial charge in [-0.05, 0) is 60.8 Å². The number of hydrogen-bond acceptors (Lipinski definition) is 1. The van der Waals surface area contributed by atoms with E-state index in [0.29, 0.717) is 22.9 Å². The Balaban J connectivity index is 1.61. The number of rotatable bonds is 4. The topological polar surface area (TPSA) is 17.1 Å². The summed E-state index contributed by atoms with van der Waals surface area (Å²) in [6, 6.07) is 4.23. The molecule has 0 amide bonds. The van der Waals surface area contributed by atoms with Crippen molar-refractivity contribution in [3.05, 3.63) is 34.6 Å². The molecule has 2 aliphatic rings. The van der Waals surface area contributed by atoms with E-state index in [1.54, 1.807) is 0 Å². The molecule has 2 fully saturated rings. The normalized spacial score (nSPS) is 28.8. The van der Waals surface area contributed by atoms with Gasteiger partial charge in [-0.1, -0.05) is 18.0 Å². The lowest BCUT2D eigenvalue weighted by Crippen LogP contribution is -2.16. The van der Waals surface area contributed by atoms with Gasteiger partial charge < -0.3 is 0 Å². The molecular formula is C16H18ClFO. The monoisotopic (exact) mass is 280 g/mol. The number of halogens is 2. The van der Waals surface area contributed by atoms with E-state index >= 15 is 0 Å². The van der Waals surface area contributed by atoms with Crippen LogP contribution < -0.4 is 0 Å². The van der Waals surface area contributed by atoms with E-state index in [-0.39, 0.29) is 18.0 Å². The fourth-order valence-corrected chi connectivity index (χ4v) is 4.07. The summed E-state index contributed by atoms with van der Waals surface area (Å²) in [5.41, 5.74) is 0.620. The first-order valence-corrected chi connectivity index (χ1v) is 7.45. The van der Waals surface area contributed by atoms with E-state index < -0.39 is 0 Å². The summed E-state index contributed by atoms with van der Waals surface area (Å²) >= 11 is 6.00. The molecule has 3 unspecified atom stereocenters. The molecule has 19 heavy (non-hydrogen) atoms. The van der Waals surface area contributed by atoms with Gasteiger partial charge >= 0.3 is 0 Å². The van der Waals surface area contributed by atoms with Crippen LogP contribution in [0.5, 0.6) is 0 Å². The van der Waals surface area contributed by atoms with Crippen LogP contribution in [-0.4, -0.2) is 5.78 Å². The minimum atomic E-state index is -0.327. The second-order valence-electron chi connectivity index (χ2n) is 6.09. The van der Waals surface area contributed by atoms with Crippen molar-refractivity contribution in [2.75, 3.05) is 0 Å². The van der Waals surface area contributed by atoms with E-state index in [0.717, 1.165) is 11.8 Å². The van der Waals surface area contributed by atoms with E-state index in [9.17, 15) is 9.18 Å². The fourth-order valence-electron chi connectivity index (χ4n) is 3.88. The largest absolute Gasteiger partial charge is 0.299 e. The van der Waals surface area contributed by atoms with Crippen LogP contribution >= 0.6 is 11.6 Å². The zero-order valence-corrected chi connectivity index (χ0v) is 11.6. The van der Waals surface area contributed by atoms with Gasteiger partial charge in [0.1, 0.15) is 11.6 Å². The molecule has 102 valence electrons. The lowest BCUT2D eigenvalue weighted by molar-refractivity contribution is -0.119. The molecule has 3 rings (SSSR count). The number of benzene rings is 1. The van der Waals surface area contributed by atoms with Crippen molar-refractivity contribution in [3.8, 4) is 0 Å². The number of carbonyl (C=O) groups is 1. The Morgan fingerprint density at radius 2 is 2.16 bits per heavy atom. The molecule has 2 bridgehead atoms. The molecule has 2 saturated carbocycles. The molecule has 0 aliphatic heterocycles. The van der Waals surface area contributed by atoms with Gasteiger partial charge in [-0.3, -0.25) is 4.79 Å². The smallest absolute Gasteiger partial charge is 0.137 e. The van der Waals surface area contributed by atoms with Crippen molar-refractivity contribution in [3.63, 3.8) is 0 Å². The molecule has 2 aliphatic carbocycles. The van der Waals surface area contributed by atoms with Crippen molar-refractivity contribution in [1.82, 2.24) is 0 Å². The van der Waals surface area contributed by atoms with Crippen molar-refractivity contribution >= 4 is 17.4 Å². The van der Waals surface area contributed by atoms with Gasteiger partial charge in [-0.2, -0.15) is 0 Å². The van der Waals surface area contributed by atoms with Crippen LogP contribution in [0.25, 0.3) is 0 Å². The molecule has 0 heterocycles. The van der Waals surface area contributed by atoms with Gasteiger partial charge in [0.2, 0.25) is 0 Å². The van der Waals surface area contributed by atoms with Gasteiger partial charge in [0.25, 0.3) is 0 Å². The second-order valence-corrected chi connectivity index (χ2v) is 6.50. The predicted octanol–water partition coefficient (Wildman–Crippen LogP) is 4.42. The van der Waals surface area contributed by atoms with Gasteiger partial charge in [-0.25, -0.2) is 4.39 Å². The number of Topliss-reactive ketones (excluding diaryl/α,β-unsaturated/α-hetero) is 1. The van der Waals surface area contributed by atoms with Crippen LogP contribution in [0.3, 0.4) is 0 Å². The molecule has 0 spiro atoms. The Labute approximate surface area is 118 Å². The maximum atomic E-state index is 13.2. The highest BCUT2D eigenvalue weighted by molar-refractivity contribution is 6.31. The summed E-state index contributed by atoms with van der Waals surface area (Å²) in [4.78, 5) is 12.1. The highest BCUT2D eigenvalue weighted by Crippen LogP contribution is 2.49. The van der Waals surface area contributed by atoms with Gasteiger partial charge in [-0.15, -0.1) is 0 Å². The van der Waals surface area contributed by atoms with Crippen LogP contribution in [0.15, 0.2) is 18.2 Å². The standard InChI is InChI=1S/C16H18ClFO/c17-16-4-3-14(18)7-13(16)9-15(19)8-12-6-10-1-2-11(12)5-10/h3-4,7,10-12H,1-2,5-6,8-9H2. The van der Waals surface area contributed by atoms with Crippen molar-refractivity contribution in [2.24, 2.45) is 17.8 Å². The van der Waals surface area contributed by atoms with E-state index in [1.807, 2.05) is 0 Å². The molecule has 3 atom stereocenters. The van der Waals surface area contributed by atoms with Crippen molar-refractivity contribution in [1.29, 1.82) is 0 Å². The molecule has 1 aromatic rings. The molecule has 0 radical (unpaired) electrons. The lowest BCUT2D eigenvalue weighted by atomic mass is 9.84. The Kier molecular flexibility index (Phi) is 3.62. The number of carbonyl (C=O) groups excluding carboxylic acids is 1. The summed E-state index contributed by atoms with van der Waals surface area (Å²) in [6.45, 7) is 0. The van der Waals surface area contributed by atoms with Gasteiger partial charge in [0, 0.05) is 17.9 Å². The minimum absolute atomic E-state index is 0.199. The van der Waals surface area contributed by atoms with Gasteiger partial charge in [0.15, 0.2) is 0 Å². The van der Waals surface area contributed by atoms with Crippen LogP contribution in [0.4, 0.5) is 4.39 Å². The SMILES string of the molecule is O=C(Cc1cc(F)ccc1Cl)CC1CC2CCC1C2. The third-order valence-corrected chi connectivity index (χ3v) is 5.14. The average Bonchev–Trinajstić information content (AvgIpc) is 2.96. The summed E-state index contributed by atoms with van der Waals surface area (Å²) in [6.07, 6.45) is 6.10. The second kappa shape index (κ2) is 5.24. The zero-order valence-electron chi connectivity index (χ0n) is 10.9. The molecule has 0 saturated heterocycles. The zero-order chi connectivity index (χ0) is 13.4. The maximum Gasteiger partial charge on any atom is 0.137 e. The fraction of sp³-hybridized carbons (Fsp3) is 0.562. The number of ketones is 1. The van der Waals surface area contributed by atoms with Crippen LogP contribution in [0.2, 0.25) is 5.02 Å². The molecule has 3 heteroatoms. The highest BCUT2D eigenvalue weighted by Gasteiger charge is 2.39. The maximum absolute atomic E-state index is 13.2. The summed E-state index contributed by atoms with van der Waals surface area (Å²) in [7, 11) is 0. The molecule has 1 nitrogen and oxygen atoms in total. The van der Waals surface area contributed by atoms with Crippen LogP contribution in [-0.2, 0) is 11.2 Å². The van der Waals surface area contributed by atoms with E-state index in [2.05, 4.69) is 0 Å². The van der Waals surface area contributed by atoms with E-state index in [1.165, 1.54) is 43.9 Å². The first kappa shape index (κ1) is 13.1. The number of hydrogen-bond donors (Lipinski definition) is 0. The average molecular weight is 281 g/mol. The third kappa shape index (κ3) is 2.84. The minimum Gasteiger partial charge on any atom is -0.299 e. The van der Waals surface area contributed by atoms with Crippen molar-refractivity contribution in [2.45, 2.75) is 38.5 Å². The Bertz CT molecular complexity index is 500. The first-order chi connectivity index (χ1) is 9.11. The number of fused-ring (bicyclic) bond motifs is 2. The Hall–Kier alpha value is -0.890. The van der Waals surface area contributed by atoms with Crippen LogP contribution in [0.1, 0.15) is 37.7 Å². The Morgan fingerprint density at radius 3 is 2.84 bits per heavy atom. The van der Waals surface area contributed by atoms with Gasteiger partial charge in [0.05, 0.1) is 0 Å². The highest BCUT2D eigenvalue weighted by atomic mass is 35.5. The third-order valence-electron chi connectivity index (χ3n) is 4.77. The molecule has 0 N–H and O–H groups in total. The van der Waals surface area contributed by atoms with Crippen molar-refractivity contribution < 1.29 is 9.18 Å². The molecule has 0 aromatic heterocycles.